The Bertz CT molecular complexity index is 750. The van der Waals surface area contributed by atoms with E-state index in [0.29, 0.717) is 19.2 Å². The van der Waals surface area contributed by atoms with E-state index >= 15 is 0 Å². The number of rotatable bonds is 15. The Hall–Kier alpha value is -2.89. The van der Waals surface area contributed by atoms with Gasteiger partial charge in [-0.05, 0) is 25.0 Å². The molecule has 0 spiro atoms. The summed E-state index contributed by atoms with van der Waals surface area (Å²) in [4.78, 5) is 11.6. The molecule has 12 heteroatoms. The van der Waals surface area contributed by atoms with E-state index in [2.05, 4.69) is 46.0 Å². The Kier molecular flexibility index (Phi) is 23.7. The van der Waals surface area contributed by atoms with Crippen molar-refractivity contribution in [1.29, 1.82) is 0 Å². The zero-order chi connectivity index (χ0) is 30.1. The van der Waals surface area contributed by atoms with Crippen molar-refractivity contribution in [2.24, 2.45) is 11.0 Å². The predicted octanol–water partition coefficient (Wildman–Crippen LogP) is 6.86. The zero-order valence-corrected chi connectivity index (χ0v) is 23.5. The molecule has 0 aromatic heterocycles. The number of hydrogen-bond donors (Lipinski definition) is 3. The van der Waals surface area contributed by atoms with E-state index in [1.807, 2.05) is 13.8 Å². The highest BCUT2D eigenvalue weighted by atomic mass is 19.4. The molecule has 1 rings (SSSR count). The van der Waals surface area contributed by atoms with Crippen LogP contribution in [0, 0.1) is 5.92 Å². The maximum absolute atomic E-state index is 12.4. The maximum atomic E-state index is 12.4. The van der Waals surface area contributed by atoms with Crippen LogP contribution < -0.4 is 16.1 Å². The second-order valence-electron chi connectivity index (χ2n) is 8.26. The molecule has 1 aliphatic carbocycles. The number of nitrogens with one attached hydrogen (secondary N) is 3. The normalized spacial score (nSPS) is 15.0. The monoisotopic (exact) mass is 568 g/mol. The van der Waals surface area contributed by atoms with Crippen LogP contribution in [0.1, 0.15) is 59.8 Å². The Morgan fingerprint density at radius 2 is 1.79 bits per heavy atom. The lowest BCUT2D eigenvalue weighted by Crippen LogP contribution is -2.40. The molecule has 0 aromatic carbocycles. The topological polar surface area (TPSA) is 84.0 Å². The van der Waals surface area contributed by atoms with Gasteiger partial charge < -0.3 is 25.5 Å². The fourth-order valence-electron chi connectivity index (χ4n) is 3.05. The number of halogens is 5. The number of hydrazone groups is 1. The molecular weight excluding hydrogens is 523 g/mol. The Labute approximate surface area is 229 Å². The average Bonchev–Trinajstić information content (AvgIpc) is 3.35. The minimum Gasteiger partial charge on any atom is -0.448 e. The van der Waals surface area contributed by atoms with Crippen LogP contribution in [0.5, 0.6) is 0 Å². The second kappa shape index (κ2) is 24.2. The third kappa shape index (κ3) is 23.9. The summed E-state index contributed by atoms with van der Waals surface area (Å²) in [7, 11) is 0. The Morgan fingerprint density at radius 3 is 2.28 bits per heavy atom. The summed E-state index contributed by atoms with van der Waals surface area (Å²) in [6.45, 7) is 12.1. The summed E-state index contributed by atoms with van der Waals surface area (Å²) < 4.78 is 70.7. The first kappa shape index (κ1) is 38.3. The molecule has 7 nitrogen and oxygen atoms in total. The van der Waals surface area contributed by atoms with E-state index in [1.165, 1.54) is 37.8 Å². The van der Waals surface area contributed by atoms with Crippen molar-refractivity contribution in [3.05, 3.63) is 49.3 Å². The molecule has 1 amide bonds. The molecule has 0 heterocycles. The molecule has 0 radical (unpaired) electrons. The number of alkyl halides is 5. The molecule has 0 aromatic rings. The van der Waals surface area contributed by atoms with Gasteiger partial charge in [0.05, 0.1) is 6.54 Å². The first-order chi connectivity index (χ1) is 18.5. The summed E-state index contributed by atoms with van der Waals surface area (Å²) in [5.74, 6) is 1.13. The van der Waals surface area contributed by atoms with E-state index in [1.54, 1.807) is 19.1 Å². The average molecular weight is 569 g/mol. The third-order valence-electron chi connectivity index (χ3n) is 4.88. The predicted molar refractivity (Wildman–Crippen MR) is 147 cm³/mol. The van der Waals surface area contributed by atoms with Gasteiger partial charge in [0.25, 0.3) is 0 Å². The van der Waals surface area contributed by atoms with Crippen LogP contribution in [0.2, 0.25) is 0 Å². The van der Waals surface area contributed by atoms with Crippen molar-refractivity contribution >= 4 is 11.8 Å². The van der Waals surface area contributed by atoms with Crippen LogP contribution in [-0.4, -0.2) is 56.9 Å². The van der Waals surface area contributed by atoms with E-state index in [0.717, 1.165) is 5.92 Å². The number of carbonyl (C=O) groups excluding carboxylic acids is 1. The van der Waals surface area contributed by atoms with Crippen LogP contribution in [0.3, 0.4) is 0 Å². The molecule has 1 atom stereocenters. The van der Waals surface area contributed by atoms with E-state index < -0.39 is 24.6 Å². The minimum absolute atomic E-state index is 0.0818. The van der Waals surface area contributed by atoms with Crippen molar-refractivity contribution in [3.63, 3.8) is 0 Å². The molecule has 0 saturated heterocycles. The number of carbonyl (C=O) groups is 1. The van der Waals surface area contributed by atoms with Gasteiger partial charge in [-0.25, -0.2) is 4.79 Å². The maximum Gasteiger partial charge on any atom is 0.435 e. The van der Waals surface area contributed by atoms with E-state index in [4.69, 9.17) is 4.74 Å². The SMILES string of the molecule is C=C/C=C(\C/C=C\CNCC(C)NC(=O)OCCN/N=C(\C=C)C(F)(F)F)OC(F)F.CC.CC1CCCC1. The number of hydrogen-bond acceptors (Lipinski definition) is 6. The number of amides is 1. The highest BCUT2D eigenvalue weighted by molar-refractivity contribution is 5.98. The third-order valence-corrected chi connectivity index (χ3v) is 4.88. The summed E-state index contributed by atoms with van der Waals surface area (Å²) >= 11 is 0. The van der Waals surface area contributed by atoms with E-state index in [9.17, 15) is 26.7 Å². The molecule has 39 heavy (non-hydrogen) atoms. The van der Waals surface area contributed by atoms with Crippen LogP contribution in [0.25, 0.3) is 0 Å². The summed E-state index contributed by atoms with van der Waals surface area (Å²) in [5, 5.41) is 8.66. The van der Waals surface area contributed by atoms with Crippen molar-refractivity contribution in [3.8, 4) is 0 Å². The lowest BCUT2D eigenvalue weighted by atomic mass is 10.2. The molecule has 226 valence electrons. The van der Waals surface area contributed by atoms with Gasteiger partial charge in [-0.1, -0.05) is 77.8 Å². The lowest BCUT2D eigenvalue weighted by molar-refractivity contribution is -0.0971. The van der Waals surface area contributed by atoms with Crippen LogP contribution in [-0.2, 0) is 9.47 Å². The van der Waals surface area contributed by atoms with Crippen LogP contribution >= 0.6 is 0 Å². The zero-order valence-electron chi connectivity index (χ0n) is 23.5. The van der Waals surface area contributed by atoms with Crippen molar-refractivity contribution in [1.82, 2.24) is 16.1 Å². The molecular formula is C27H45F5N4O3. The molecule has 0 aliphatic heterocycles. The van der Waals surface area contributed by atoms with Gasteiger partial charge in [-0.15, -0.1) is 0 Å². The van der Waals surface area contributed by atoms with Crippen LogP contribution in [0.4, 0.5) is 26.7 Å². The van der Waals surface area contributed by atoms with Crippen molar-refractivity contribution in [2.45, 2.75) is 78.6 Å². The van der Waals surface area contributed by atoms with Gasteiger partial charge in [0, 0.05) is 25.6 Å². The minimum atomic E-state index is -4.62. The number of allylic oxidation sites excluding steroid dienone is 4. The molecule has 1 saturated carbocycles. The van der Waals surface area contributed by atoms with Gasteiger partial charge in [-0.2, -0.15) is 27.1 Å². The molecule has 1 fully saturated rings. The second-order valence-corrected chi connectivity index (χ2v) is 8.26. The standard InChI is InChI=1S/C19H27F5N4O3.C6H12.C2H6/c1-4-8-15(31-17(20)21)9-6-7-10-25-13-14(3)27-18(29)30-12-11-26-28-16(5-2)19(22,23)24;1-6-4-2-3-5-6;1-2/h4-8,14,17,25-26H,1-2,9-13H2,3H3,(H,27,29);6H,2-5H2,1H3;1-2H3/b7-6-,15-8+,28-16+;;. The van der Waals surface area contributed by atoms with Gasteiger partial charge >= 0.3 is 18.9 Å². The number of alkyl carbamates (subject to hydrolysis) is 1. The van der Waals surface area contributed by atoms with Crippen LogP contribution in [0.15, 0.2) is 54.4 Å². The highest BCUT2D eigenvalue weighted by Gasteiger charge is 2.33. The number of ether oxygens (including phenoxy) is 2. The first-order valence-electron chi connectivity index (χ1n) is 13.0. The first-order valence-corrected chi connectivity index (χ1v) is 13.0. The molecule has 0 bridgehead atoms. The lowest BCUT2D eigenvalue weighted by Gasteiger charge is -2.14. The smallest absolute Gasteiger partial charge is 0.435 e. The number of nitrogens with zero attached hydrogens (tertiary/aromatic N) is 1. The van der Waals surface area contributed by atoms with Crippen molar-refractivity contribution in [2.75, 3.05) is 26.2 Å². The molecule has 1 unspecified atom stereocenters. The molecule has 1 aliphatic rings. The Balaban J connectivity index is 0. The fraction of sp³-hybridized carbons (Fsp3) is 0.630. The Morgan fingerprint density at radius 1 is 1.15 bits per heavy atom. The molecule has 3 N–H and O–H groups in total. The van der Waals surface area contributed by atoms with Gasteiger partial charge in [0.1, 0.15) is 12.4 Å². The summed E-state index contributed by atoms with van der Waals surface area (Å²) in [6, 6.07) is -0.303. The van der Waals surface area contributed by atoms with E-state index in [-0.39, 0.29) is 31.4 Å². The van der Waals surface area contributed by atoms with Gasteiger partial charge in [-0.3, -0.25) is 0 Å². The van der Waals surface area contributed by atoms with Crippen molar-refractivity contribution < 1.29 is 36.2 Å². The fourth-order valence-corrected chi connectivity index (χ4v) is 3.05. The largest absolute Gasteiger partial charge is 0.448 e. The van der Waals surface area contributed by atoms with Gasteiger partial charge in [0.15, 0.2) is 5.71 Å². The summed E-state index contributed by atoms with van der Waals surface area (Å²) in [6.07, 6.45) is 7.38. The quantitative estimate of drug-likeness (QED) is 0.0382. The highest BCUT2D eigenvalue weighted by Crippen LogP contribution is 2.23. The van der Waals surface area contributed by atoms with Gasteiger partial charge in [0.2, 0.25) is 0 Å². The summed E-state index contributed by atoms with van der Waals surface area (Å²) in [5.41, 5.74) is 0.963.